The minimum atomic E-state index is -0.532. The number of ether oxygens (including phenoxy) is 1. The summed E-state index contributed by atoms with van der Waals surface area (Å²) < 4.78 is 5.15. The van der Waals surface area contributed by atoms with E-state index in [1.807, 2.05) is 0 Å². The Morgan fingerprint density at radius 1 is 1.37 bits per heavy atom. The van der Waals surface area contributed by atoms with Gasteiger partial charge in [-0.25, -0.2) is 14.9 Å². The van der Waals surface area contributed by atoms with Crippen molar-refractivity contribution in [1.29, 1.82) is 0 Å². The first kappa shape index (κ1) is 15.7. The van der Waals surface area contributed by atoms with Crippen LogP contribution in [0.1, 0.15) is 27.2 Å². The summed E-state index contributed by atoms with van der Waals surface area (Å²) in [6.45, 7) is 6.49. The first-order valence-corrected chi connectivity index (χ1v) is 6.29. The lowest BCUT2D eigenvalue weighted by Crippen LogP contribution is -2.44. The lowest BCUT2D eigenvalue weighted by molar-refractivity contribution is -0.173. The Kier molecular flexibility index (Phi) is 5.13. The standard InChI is InChI=1S/C12H23N3O4/c1-12(2,3)19-11(17)13-15-7-6-9(8-15)10(16)14(4)18-5/h9H,6-8H2,1-5H3,(H,13,17). The van der Waals surface area contributed by atoms with E-state index < -0.39 is 11.7 Å². The number of hydroxylamine groups is 2. The van der Waals surface area contributed by atoms with Gasteiger partial charge in [0, 0.05) is 20.1 Å². The van der Waals surface area contributed by atoms with Crippen molar-refractivity contribution >= 4 is 12.0 Å². The molecule has 0 aromatic heterocycles. The molecule has 0 aromatic carbocycles. The van der Waals surface area contributed by atoms with Crippen molar-refractivity contribution in [2.24, 2.45) is 5.92 Å². The smallest absolute Gasteiger partial charge is 0.422 e. The average Bonchev–Trinajstić information content (AvgIpc) is 2.72. The summed E-state index contributed by atoms with van der Waals surface area (Å²) in [4.78, 5) is 28.3. The number of hydrogen-bond donors (Lipinski definition) is 1. The minimum Gasteiger partial charge on any atom is -0.443 e. The van der Waals surface area contributed by atoms with Crippen LogP contribution in [0.2, 0.25) is 0 Å². The van der Waals surface area contributed by atoms with Crippen molar-refractivity contribution in [2.45, 2.75) is 32.8 Å². The maximum Gasteiger partial charge on any atom is 0.422 e. The van der Waals surface area contributed by atoms with E-state index in [2.05, 4.69) is 5.43 Å². The quantitative estimate of drug-likeness (QED) is 0.769. The Labute approximate surface area is 113 Å². The Morgan fingerprint density at radius 3 is 2.53 bits per heavy atom. The third kappa shape index (κ3) is 5.04. The van der Waals surface area contributed by atoms with Crippen LogP contribution in [0.5, 0.6) is 0 Å². The molecule has 0 aromatic rings. The van der Waals surface area contributed by atoms with Gasteiger partial charge in [0.15, 0.2) is 0 Å². The summed E-state index contributed by atoms with van der Waals surface area (Å²) in [7, 11) is 3.02. The summed E-state index contributed by atoms with van der Waals surface area (Å²) in [5.41, 5.74) is 2.11. The largest absolute Gasteiger partial charge is 0.443 e. The zero-order valence-electron chi connectivity index (χ0n) is 12.2. The van der Waals surface area contributed by atoms with Gasteiger partial charge in [0.05, 0.1) is 13.0 Å². The highest BCUT2D eigenvalue weighted by atomic mass is 16.7. The van der Waals surface area contributed by atoms with E-state index in [1.54, 1.807) is 32.8 Å². The Hall–Kier alpha value is -1.34. The van der Waals surface area contributed by atoms with Crippen LogP contribution >= 0.6 is 0 Å². The molecule has 19 heavy (non-hydrogen) atoms. The van der Waals surface area contributed by atoms with E-state index in [4.69, 9.17) is 9.57 Å². The van der Waals surface area contributed by atoms with Crippen molar-refractivity contribution in [3.05, 3.63) is 0 Å². The molecule has 1 atom stereocenters. The highest BCUT2D eigenvalue weighted by Crippen LogP contribution is 2.17. The van der Waals surface area contributed by atoms with Gasteiger partial charge in [0.25, 0.3) is 0 Å². The van der Waals surface area contributed by atoms with Crippen molar-refractivity contribution < 1.29 is 19.2 Å². The number of carbonyl (C=O) groups is 2. The molecule has 110 valence electrons. The fraction of sp³-hybridized carbons (Fsp3) is 0.833. The van der Waals surface area contributed by atoms with Crippen molar-refractivity contribution in [3.8, 4) is 0 Å². The van der Waals surface area contributed by atoms with Crippen molar-refractivity contribution in [1.82, 2.24) is 15.5 Å². The number of nitrogens with one attached hydrogen (secondary N) is 1. The number of rotatable bonds is 3. The molecule has 1 heterocycles. The molecule has 0 radical (unpaired) electrons. The number of nitrogens with zero attached hydrogens (tertiary/aromatic N) is 2. The second kappa shape index (κ2) is 6.21. The number of hydrogen-bond acceptors (Lipinski definition) is 5. The monoisotopic (exact) mass is 273 g/mol. The number of hydrazine groups is 1. The second-order valence-electron chi connectivity index (χ2n) is 5.56. The fourth-order valence-corrected chi connectivity index (χ4v) is 1.84. The molecule has 0 spiro atoms. The third-order valence-corrected chi connectivity index (χ3v) is 2.77. The van der Waals surface area contributed by atoms with Crippen molar-refractivity contribution in [2.75, 3.05) is 27.2 Å². The predicted octanol–water partition coefficient (Wildman–Crippen LogP) is 0.768. The fourth-order valence-electron chi connectivity index (χ4n) is 1.84. The summed E-state index contributed by atoms with van der Waals surface area (Å²) in [6.07, 6.45) is 0.184. The van der Waals surface area contributed by atoms with Gasteiger partial charge >= 0.3 is 6.09 Å². The van der Waals surface area contributed by atoms with E-state index in [-0.39, 0.29) is 11.8 Å². The van der Waals surface area contributed by atoms with Gasteiger partial charge in [0.2, 0.25) is 5.91 Å². The highest BCUT2D eigenvalue weighted by Gasteiger charge is 2.32. The van der Waals surface area contributed by atoms with E-state index in [0.29, 0.717) is 19.5 Å². The van der Waals surface area contributed by atoms with Gasteiger partial charge in [-0.3, -0.25) is 15.1 Å². The Balaban J connectivity index is 2.40. The maximum atomic E-state index is 11.9. The van der Waals surface area contributed by atoms with Crippen LogP contribution in [0.15, 0.2) is 0 Å². The summed E-state index contributed by atoms with van der Waals surface area (Å²) in [6, 6.07) is 0. The van der Waals surface area contributed by atoms with E-state index in [1.165, 1.54) is 12.2 Å². The molecule has 0 aliphatic carbocycles. The second-order valence-corrected chi connectivity index (χ2v) is 5.56. The predicted molar refractivity (Wildman–Crippen MR) is 68.8 cm³/mol. The molecule has 1 N–H and O–H groups in total. The molecule has 2 amide bonds. The van der Waals surface area contributed by atoms with Gasteiger partial charge in [0.1, 0.15) is 5.60 Å². The van der Waals surface area contributed by atoms with Gasteiger partial charge < -0.3 is 4.74 Å². The maximum absolute atomic E-state index is 11.9. The van der Waals surface area contributed by atoms with Gasteiger partial charge in [-0.1, -0.05) is 0 Å². The zero-order valence-corrected chi connectivity index (χ0v) is 12.2. The topological polar surface area (TPSA) is 71.1 Å². The van der Waals surface area contributed by atoms with Crippen LogP contribution in [0.3, 0.4) is 0 Å². The lowest BCUT2D eigenvalue weighted by atomic mass is 10.1. The van der Waals surface area contributed by atoms with Gasteiger partial charge in [-0.15, -0.1) is 0 Å². The van der Waals surface area contributed by atoms with Crippen LogP contribution in [0.4, 0.5) is 4.79 Å². The van der Waals surface area contributed by atoms with Gasteiger partial charge in [-0.05, 0) is 27.2 Å². The van der Waals surface area contributed by atoms with E-state index >= 15 is 0 Å². The van der Waals surface area contributed by atoms with Crippen LogP contribution in [-0.2, 0) is 14.4 Å². The van der Waals surface area contributed by atoms with E-state index in [9.17, 15) is 9.59 Å². The molecular formula is C12H23N3O4. The van der Waals surface area contributed by atoms with E-state index in [0.717, 1.165) is 0 Å². The Bertz CT molecular complexity index is 340. The number of amides is 2. The molecule has 7 nitrogen and oxygen atoms in total. The number of carbonyl (C=O) groups excluding carboxylic acids is 2. The molecule has 1 aliphatic heterocycles. The molecule has 1 unspecified atom stereocenters. The molecule has 1 saturated heterocycles. The van der Waals surface area contributed by atoms with Crippen LogP contribution in [0.25, 0.3) is 0 Å². The highest BCUT2D eigenvalue weighted by molar-refractivity contribution is 5.78. The molecule has 1 aliphatic rings. The average molecular weight is 273 g/mol. The summed E-state index contributed by atoms with van der Waals surface area (Å²) in [5, 5.41) is 2.90. The normalized spacial score (nSPS) is 20.2. The van der Waals surface area contributed by atoms with Crippen LogP contribution in [0, 0.1) is 5.92 Å². The third-order valence-electron chi connectivity index (χ3n) is 2.77. The van der Waals surface area contributed by atoms with Crippen molar-refractivity contribution in [3.63, 3.8) is 0 Å². The summed E-state index contributed by atoms with van der Waals surface area (Å²) >= 11 is 0. The lowest BCUT2D eigenvalue weighted by Gasteiger charge is -2.23. The first-order valence-electron chi connectivity index (χ1n) is 6.29. The molecule has 0 bridgehead atoms. The summed E-state index contributed by atoms with van der Waals surface area (Å²) in [5.74, 6) is -0.254. The molecule has 1 rings (SSSR count). The molecule has 7 heteroatoms. The molecule has 0 saturated carbocycles. The first-order chi connectivity index (χ1) is 8.73. The SMILES string of the molecule is CON(C)C(=O)C1CCN(NC(=O)OC(C)(C)C)C1. The Morgan fingerprint density at radius 2 is 2.00 bits per heavy atom. The van der Waals surface area contributed by atoms with Crippen LogP contribution < -0.4 is 5.43 Å². The van der Waals surface area contributed by atoms with Gasteiger partial charge in [-0.2, -0.15) is 0 Å². The molecular weight excluding hydrogens is 250 g/mol. The van der Waals surface area contributed by atoms with Crippen LogP contribution in [-0.4, -0.2) is 54.9 Å². The minimum absolute atomic E-state index is 0.0870. The molecule has 1 fully saturated rings. The zero-order chi connectivity index (χ0) is 14.6.